The molecule has 0 saturated carbocycles. The van der Waals surface area contributed by atoms with Gasteiger partial charge < -0.3 is 9.64 Å². The van der Waals surface area contributed by atoms with E-state index < -0.39 is 0 Å². The molecule has 1 aliphatic heterocycles. The van der Waals surface area contributed by atoms with Crippen LogP contribution in [0.5, 0.6) is 5.75 Å². The summed E-state index contributed by atoms with van der Waals surface area (Å²) in [6, 6.07) is 13.9. The van der Waals surface area contributed by atoms with Gasteiger partial charge in [-0.05, 0) is 43.2 Å². The molecule has 0 N–H and O–H groups in total. The van der Waals surface area contributed by atoms with Crippen LogP contribution in [0.4, 0.5) is 0 Å². The minimum atomic E-state index is 0.137. The summed E-state index contributed by atoms with van der Waals surface area (Å²) in [4.78, 5) is 20.3. The van der Waals surface area contributed by atoms with E-state index in [-0.39, 0.29) is 5.91 Å². The van der Waals surface area contributed by atoms with E-state index in [0.717, 1.165) is 63.7 Å². The van der Waals surface area contributed by atoms with Crippen LogP contribution >= 0.6 is 11.3 Å². The first kappa shape index (κ1) is 16.3. The predicted octanol–water partition coefficient (Wildman–Crippen LogP) is 4.46. The van der Waals surface area contributed by atoms with E-state index in [2.05, 4.69) is 4.40 Å². The third kappa shape index (κ3) is 2.77. The fourth-order valence-corrected chi connectivity index (χ4v) is 4.71. The summed E-state index contributed by atoms with van der Waals surface area (Å²) >= 11 is 1.61. The van der Waals surface area contributed by atoms with Crippen LogP contribution in [0.15, 0.2) is 48.7 Å². The predicted molar refractivity (Wildman–Crippen MR) is 108 cm³/mol. The Morgan fingerprint density at radius 2 is 2.00 bits per heavy atom. The van der Waals surface area contributed by atoms with Gasteiger partial charge in [0, 0.05) is 30.4 Å². The second kappa shape index (κ2) is 6.39. The molecule has 0 unspecified atom stereocenters. The zero-order valence-electron chi connectivity index (χ0n) is 15.0. The van der Waals surface area contributed by atoms with Crippen molar-refractivity contribution in [1.29, 1.82) is 0 Å². The van der Waals surface area contributed by atoms with Crippen molar-refractivity contribution in [3.63, 3.8) is 0 Å². The molecule has 0 aliphatic carbocycles. The molecule has 0 bridgehead atoms. The lowest BCUT2D eigenvalue weighted by Crippen LogP contribution is -2.27. The van der Waals surface area contributed by atoms with Crippen molar-refractivity contribution in [2.75, 3.05) is 20.2 Å². The maximum absolute atomic E-state index is 12.6. The number of ether oxygens (including phenoxy) is 1. The van der Waals surface area contributed by atoms with Gasteiger partial charge in [0.15, 0.2) is 4.96 Å². The lowest BCUT2D eigenvalue weighted by molar-refractivity contribution is 0.0793. The summed E-state index contributed by atoms with van der Waals surface area (Å²) in [5.74, 6) is 0.955. The number of imidazole rings is 1. The van der Waals surface area contributed by atoms with E-state index in [1.807, 2.05) is 53.6 Å². The average Bonchev–Trinajstić information content (AvgIpc) is 3.43. The molecular formula is C21H19N3O2S. The molecule has 1 aliphatic rings. The van der Waals surface area contributed by atoms with Crippen LogP contribution < -0.4 is 4.74 Å². The van der Waals surface area contributed by atoms with Gasteiger partial charge in [0.05, 0.1) is 23.0 Å². The second-order valence-electron chi connectivity index (χ2n) is 6.79. The average molecular weight is 377 g/mol. The third-order valence-corrected chi connectivity index (χ3v) is 6.12. The van der Waals surface area contributed by atoms with Gasteiger partial charge in [0.2, 0.25) is 0 Å². The quantitative estimate of drug-likeness (QED) is 0.530. The smallest absolute Gasteiger partial charge is 0.253 e. The fourth-order valence-electron chi connectivity index (χ4n) is 3.66. The molecule has 6 heteroatoms. The minimum absolute atomic E-state index is 0.137. The number of thiazole rings is 1. The SMILES string of the molecule is COc1cccc(-c2cn3c(n2)sc2cc(C(=O)N4CCCC4)ccc23)c1. The molecule has 0 radical (unpaired) electrons. The zero-order valence-corrected chi connectivity index (χ0v) is 15.8. The van der Waals surface area contributed by atoms with Crippen molar-refractivity contribution in [3.8, 4) is 17.0 Å². The molecule has 27 heavy (non-hydrogen) atoms. The molecule has 2 aromatic heterocycles. The van der Waals surface area contributed by atoms with Gasteiger partial charge in [-0.1, -0.05) is 23.5 Å². The first-order valence-electron chi connectivity index (χ1n) is 9.08. The number of fused-ring (bicyclic) bond motifs is 3. The number of amides is 1. The van der Waals surface area contributed by atoms with Crippen LogP contribution in [-0.2, 0) is 0 Å². The van der Waals surface area contributed by atoms with Crippen molar-refractivity contribution in [1.82, 2.24) is 14.3 Å². The molecule has 0 atom stereocenters. The van der Waals surface area contributed by atoms with Crippen molar-refractivity contribution < 1.29 is 9.53 Å². The maximum Gasteiger partial charge on any atom is 0.253 e. The number of nitrogens with zero attached hydrogens (tertiary/aromatic N) is 3. The van der Waals surface area contributed by atoms with E-state index in [0.29, 0.717) is 0 Å². The van der Waals surface area contributed by atoms with Gasteiger partial charge in [-0.3, -0.25) is 9.20 Å². The topological polar surface area (TPSA) is 46.8 Å². The lowest BCUT2D eigenvalue weighted by atomic mass is 10.1. The Morgan fingerprint density at radius 3 is 2.81 bits per heavy atom. The van der Waals surface area contributed by atoms with Crippen molar-refractivity contribution in [2.24, 2.45) is 0 Å². The first-order valence-corrected chi connectivity index (χ1v) is 9.90. The van der Waals surface area contributed by atoms with Crippen molar-refractivity contribution in [3.05, 3.63) is 54.2 Å². The van der Waals surface area contributed by atoms with E-state index in [1.165, 1.54) is 0 Å². The monoisotopic (exact) mass is 377 g/mol. The highest BCUT2D eigenvalue weighted by atomic mass is 32.1. The number of carbonyl (C=O) groups excluding carboxylic acids is 1. The molecular weight excluding hydrogens is 358 g/mol. The van der Waals surface area contributed by atoms with Gasteiger partial charge in [-0.2, -0.15) is 0 Å². The Hall–Kier alpha value is -2.86. The van der Waals surface area contributed by atoms with Crippen molar-refractivity contribution >= 4 is 32.4 Å². The summed E-state index contributed by atoms with van der Waals surface area (Å²) in [6.45, 7) is 1.74. The minimum Gasteiger partial charge on any atom is -0.497 e. The summed E-state index contributed by atoms with van der Waals surface area (Å²) in [6.07, 6.45) is 4.26. The number of rotatable bonds is 3. The van der Waals surface area contributed by atoms with E-state index >= 15 is 0 Å². The van der Waals surface area contributed by atoms with Gasteiger partial charge in [-0.25, -0.2) is 4.98 Å². The number of hydrogen-bond acceptors (Lipinski definition) is 4. The number of methoxy groups -OCH3 is 1. The van der Waals surface area contributed by atoms with Crippen LogP contribution in [-0.4, -0.2) is 40.4 Å². The van der Waals surface area contributed by atoms with Crippen LogP contribution in [0.2, 0.25) is 0 Å². The van der Waals surface area contributed by atoms with Gasteiger partial charge in [0.1, 0.15) is 5.75 Å². The molecule has 3 heterocycles. The van der Waals surface area contributed by atoms with Gasteiger partial charge in [0.25, 0.3) is 5.91 Å². The molecule has 1 saturated heterocycles. The number of hydrogen-bond donors (Lipinski definition) is 0. The summed E-state index contributed by atoms with van der Waals surface area (Å²) < 4.78 is 8.49. The molecule has 4 aromatic rings. The van der Waals surface area contributed by atoms with E-state index in [1.54, 1.807) is 18.4 Å². The highest BCUT2D eigenvalue weighted by Gasteiger charge is 2.20. The lowest BCUT2D eigenvalue weighted by Gasteiger charge is -2.14. The highest BCUT2D eigenvalue weighted by Crippen LogP contribution is 2.31. The first-order chi connectivity index (χ1) is 13.2. The standard InChI is InChI=1S/C21H19N3O2S/c1-26-16-6-4-5-14(11-16)17-13-24-18-8-7-15(12-19(18)27-21(24)22-17)20(25)23-9-2-3-10-23/h4-8,11-13H,2-3,9-10H2,1H3. The van der Waals surface area contributed by atoms with E-state index in [9.17, 15) is 4.79 Å². The van der Waals surface area contributed by atoms with Crippen LogP contribution in [0.25, 0.3) is 26.4 Å². The summed E-state index contributed by atoms with van der Waals surface area (Å²) in [7, 11) is 1.67. The fraction of sp³-hybridized carbons (Fsp3) is 0.238. The molecule has 5 rings (SSSR count). The van der Waals surface area contributed by atoms with E-state index in [4.69, 9.17) is 9.72 Å². The molecule has 2 aromatic carbocycles. The largest absolute Gasteiger partial charge is 0.497 e. The Bertz CT molecular complexity index is 1150. The van der Waals surface area contributed by atoms with Gasteiger partial charge >= 0.3 is 0 Å². The Morgan fingerprint density at radius 1 is 1.15 bits per heavy atom. The number of aromatic nitrogens is 2. The van der Waals surface area contributed by atoms with Crippen LogP contribution in [0.1, 0.15) is 23.2 Å². The highest BCUT2D eigenvalue weighted by molar-refractivity contribution is 7.23. The Kier molecular flexibility index (Phi) is 3.86. The van der Waals surface area contributed by atoms with Crippen LogP contribution in [0, 0.1) is 0 Å². The van der Waals surface area contributed by atoms with Gasteiger partial charge in [-0.15, -0.1) is 0 Å². The summed E-state index contributed by atoms with van der Waals surface area (Å²) in [5, 5.41) is 0. The maximum atomic E-state index is 12.6. The van der Waals surface area contributed by atoms with Crippen LogP contribution in [0.3, 0.4) is 0 Å². The molecule has 0 spiro atoms. The zero-order chi connectivity index (χ0) is 18.4. The molecule has 5 nitrogen and oxygen atoms in total. The Labute approximate surface area is 160 Å². The number of benzene rings is 2. The molecule has 136 valence electrons. The third-order valence-electron chi connectivity index (χ3n) is 5.10. The summed E-state index contributed by atoms with van der Waals surface area (Å²) in [5.41, 5.74) is 3.79. The number of likely N-dealkylation sites (tertiary alicyclic amines) is 1. The molecule has 1 fully saturated rings. The normalized spacial score (nSPS) is 14.3. The number of carbonyl (C=O) groups is 1. The molecule has 1 amide bonds. The Balaban J connectivity index is 1.54. The second-order valence-corrected chi connectivity index (χ2v) is 7.80. The van der Waals surface area contributed by atoms with Crippen molar-refractivity contribution in [2.45, 2.75) is 12.8 Å².